The van der Waals surface area contributed by atoms with Crippen molar-refractivity contribution in [1.82, 2.24) is 14.3 Å². The summed E-state index contributed by atoms with van der Waals surface area (Å²) in [6.45, 7) is 2.12. The van der Waals surface area contributed by atoms with Crippen LogP contribution in [0.3, 0.4) is 0 Å². The zero-order valence-electron chi connectivity index (χ0n) is 12.3. The molecule has 1 atom stereocenters. The van der Waals surface area contributed by atoms with E-state index in [-0.39, 0.29) is 17.7 Å². The van der Waals surface area contributed by atoms with Gasteiger partial charge in [0.25, 0.3) is 10.0 Å². The number of benzene rings is 1. The van der Waals surface area contributed by atoms with Crippen LogP contribution in [-0.2, 0) is 21.8 Å². The summed E-state index contributed by atoms with van der Waals surface area (Å²) in [4.78, 5) is 3.85. The number of aryl methyl sites for hydroxylation is 2. The Hall–Kier alpha value is -1.70. The Morgan fingerprint density at radius 2 is 2.10 bits per heavy atom. The van der Waals surface area contributed by atoms with Crippen LogP contribution in [0.1, 0.15) is 17.2 Å². The second-order valence-corrected chi connectivity index (χ2v) is 6.52. The van der Waals surface area contributed by atoms with E-state index < -0.39 is 10.0 Å². The number of hydrogen-bond acceptors (Lipinski definition) is 4. The molecule has 21 heavy (non-hydrogen) atoms. The first kappa shape index (κ1) is 15.7. The monoisotopic (exact) mass is 309 g/mol. The predicted molar refractivity (Wildman–Crippen MR) is 79.3 cm³/mol. The third-order valence-electron chi connectivity index (χ3n) is 3.24. The van der Waals surface area contributed by atoms with Crippen molar-refractivity contribution in [2.24, 2.45) is 7.05 Å². The largest absolute Gasteiger partial charge is 0.375 e. The molecular weight excluding hydrogens is 290 g/mol. The molecule has 0 unspecified atom stereocenters. The summed E-state index contributed by atoms with van der Waals surface area (Å²) in [5.41, 5.74) is 2.02. The van der Waals surface area contributed by atoms with Crippen LogP contribution >= 0.6 is 0 Å². The third kappa shape index (κ3) is 3.69. The van der Waals surface area contributed by atoms with Crippen LogP contribution in [-0.4, -0.2) is 31.6 Å². The van der Waals surface area contributed by atoms with Crippen molar-refractivity contribution in [3.8, 4) is 0 Å². The van der Waals surface area contributed by atoms with E-state index in [0.29, 0.717) is 0 Å². The fourth-order valence-corrected chi connectivity index (χ4v) is 3.06. The first-order chi connectivity index (χ1) is 9.94. The molecule has 1 heterocycles. The fraction of sp³-hybridized carbons (Fsp3) is 0.357. The molecule has 0 radical (unpaired) electrons. The zero-order valence-corrected chi connectivity index (χ0v) is 13.1. The quantitative estimate of drug-likeness (QED) is 0.875. The van der Waals surface area contributed by atoms with Gasteiger partial charge in [0.2, 0.25) is 0 Å². The number of ether oxygens (including phenoxy) is 1. The molecule has 114 valence electrons. The summed E-state index contributed by atoms with van der Waals surface area (Å²) in [5.74, 6) is 0. The van der Waals surface area contributed by atoms with Gasteiger partial charge in [-0.1, -0.05) is 24.3 Å². The standard InChI is InChI=1S/C14H19N3O3S/c1-11-6-4-5-7-12(11)13(20-3)8-16-21(18,19)14-9-17(2)10-15-14/h4-7,9-10,13,16H,8H2,1-3H3/t13-/m1/s1. The van der Waals surface area contributed by atoms with E-state index in [4.69, 9.17) is 4.74 Å². The van der Waals surface area contributed by atoms with Gasteiger partial charge in [-0.2, -0.15) is 0 Å². The molecule has 1 aromatic heterocycles. The van der Waals surface area contributed by atoms with E-state index in [2.05, 4.69) is 9.71 Å². The van der Waals surface area contributed by atoms with Crippen molar-refractivity contribution in [3.63, 3.8) is 0 Å². The number of nitrogens with zero attached hydrogens (tertiary/aromatic N) is 2. The average molecular weight is 309 g/mol. The van der Waals surface area contributed by atoms with Crippen molar-refractivity contribution in [2.75, 3.05) is 13.7 Å². The van der Waals surface area contributed by atoms with Gasteiger partial charge in [-0.25, -0.2) is 18.1 Å². The van der Waals surface area contributed by atoms with Gasteiger partial charge in [0.15, 0.2) is 5.03 Å². The second-order valence-electron chi connectivity index (χ2n) is 4.81. The molecule has 0 saturated carbocycles. The van der Waals surface area contributed by atoms with E-state index in [1.54, 1.807) is 18.7 Å². The summed E-state index contributed by atoms with van der Waals surface area (Å²) in [6.07, 6.45) is 2.56. The van der Waals surface area contributed by atoms with Crippen LogP contribution in [0.25, 0.3) is 0 Å². The Labute approximate surface area is 124 Å². The summed E-state index contributed by atoms with van der Waals surface area (Å²) < 4.78 is 33.8. The number of nitrogens with one attached hydrogen (secondary N) is 1. The molecule has 0 aliphatic rings. The van der Waals surface area contributed by atoms with Gasteiger partial charge >= 0.3 is 0 Å². The topological polar surface area (TPSA) is 73.2 Å². The minimum absolute atomic E-state index is 0.00429. The molecule has 0 amide bonds. The lowest BCUT2D eigenvalue weighted by Gasteiger charge is -2.18. The van der Waals surface area contributed by atoms with Crippen molar-refractivity contribution in [2.45, 2.75) is 18.1 Å². The molecule has 0 saturated heterocycles. The van der Waals surface area contributed by atoms with Crippen LogP contribution < -0.4 is 4.72 Å². The highest BCUT2D eigenvalue weighted by atomic mass is 32.2. The molecule has 2 aromatic rings. The minimum atomic E-state index is -3.63. The lowest BCUT2D eigenvalue weighted by molar-refractivity contribution is 0.107. The lowest BCUT2D eigenvalue weighted by atomic mass is 10.0. The minimum Gasteiger partial charge on any atom is -0.375 e. The highest BCUT2D eigenvalue weighted by Crippen LogP contribution is 2.20. The molecular formula is C14H19N3O3S. The molecule has 0 fully saturated rings. The van der Waals surface area contributed by atoms with E-state index in [9.17, 15) is 8.42 Å². The summed E-state index contributed by atoms with van der Waals surface area (Å²) in [7, 11) is -0.346. The van der Waals surface area contributed by atoms with Gasteiger partial charge in [0.05, 0.1) is 12.4 Å². The SMILES string of the molecule is CO[C@H](CNS(=O)(=O)c1cn(C)cn1)c1ccccc1C. The van der Waals surface area contributed by atoms with Crippen molar-refractivity contribution < 1.29 is 13.2 Å². The van der Waals surface area contributed by atoms with E-state index >= 15 is 0 Å². The highest BCUT2D eigenvalue weighted by molar-refractivity contribution is 7.89. The summed E-state index contributed by atoms with van der Waals surface area (Å²) in [5, 5.41) is 0.00429. The second kappa shape index (κ2) is 6.38. The van der Waals surface area contributed by atoms with Gasteiger partial charge in [0, 0.05) is 26.9 Å². The van der Waals surface area contributed by atoms with E-state index in [1.165, 1.54) is 12.5 Å². The van der Waals surface area contributed by atoms with Crippen molar-refractivity contribution in [3.05, 3.63) is 47.9 Å². The maximum absolute atomic E-state index is 12.1. The Kier molecular flexibility index (Phi) is 4.76. The molecule has 2 rings (SSSR count). The Morgan fingerprint density at radius 3 is 2.67 bits per heavy atom. The maximum atomic E-state index is 12.1. The number of rotatable bonds is 6. The van der Waals surface area contributed by atoms with Gasteiger partial charge in [-0.15, -0.1) is 0 Å². The number of hydrogen-bond donors (Lipinski definition) is 1. The summed E-state index contributed by atoms with van der Waals surface area (Å²) >= 11 is 0. The Morgan fingerprint density at radius 1 is 1.38 bits per heavy atom. The average Bonchev–Trinajstić information content (AvgIpc) is 2.89. The third-order valence-corrected chi connectivity index (χ3v) is 4.54. The number of methoxy groups -OCH3 is 1. The molecule has 1 aromatic carbocycles. The molecule has 6 nitrogen and oxygen atoms in total. The Balaban J connectivity index is 2.12. The molecule has 0 aliphatic heterocycles. The van der Waals surface area contributed by atoms with Gasteiger partial charge in [-0.05, 0) is 18.1 Å². The number of imidazole rings is 1. The fourth-order valence-electron chi connectivity index (χ4n) is 2.06. The van der Waals surface area contributed by atoms with E-state index in [1.807, 2.05) is 31.2 Å². The lowest BCUT2D eigenvalue weighted by Crippen LogP contribution is -2.29. The predicted octanol–water partition coefficient (Wildman–Crippen LogP) is 1.39. The number of aromatic nitrogens is 2. The molecule has 0 aliphatic carbocycles. The number of sulfonamides is 1. The van der Waals surface area contributed by atoms with Gasteiger partial charge in [0.1, 0.15) is 0 Å². The van der Waals surface area contributed by atoms with E-state index in [0.717, 1.165) is 11.1 Å². The first-order valence-electron chi connectivity index (χ1n) is 6.50. The summed E-state index contributed by atoms with van der Waals surface area (Å²) in [6, 6.07) is 7.73. The molecule has 0 bridgehead atoms. The molecule has 0 spiro atoms. The highest BCUT2D eigenvalue weighted by Gasteiger charge is 2.20. The van der Waals surface area contributed by atoms with Crippen molar-refractivity contribution in [1.29, 1.82) is 0 Å². The molecule has 1 N–H and O–H groups in total. The normalized spacial score (nSPS) is 13.3. The zero-order chi connectivity index (χ0) is 15.5. The smallest absolute Gasteiger partial charge is 0.259 e. The Bertz CT molecular complexity index is 710. The first-order valence-corrected chi connectivity index (χ1v) is 7.98. The van der Waals surface area contributed by atoms with Crippen LogP contribution in [0.2, 0.25) is 0 Å². The van der Waals surface area contributed by atoms with Gasteiger partial charge in [-0.3, -0.25) is 0 Å². The van der Waals surface area contributed by atoms with Gasteiger partial charge < -0.3 is 9.30 Å². The van der Waals surface area contributed by atoms with Crippen LogP contribution in [0.5, 0.6) is 0 Å². The van der Waals surface area contributed by atoms with Crippen LogP contribution in [0, 0.1) is 6.92 Å². The molecule has 7 heteroatoms. The maximum Gasteiger partial charge on any atom is 0.259 e. The van der Waals surface area contributed by atoms with Crippen molar-refractivity contribution >= 4 is 10.0 Å². The van der Waals surface area contributed by atoms with Crippen LogP contribution in [0.4, 0.5) is 0 Å². The van der Waals surface area contributed by atoms with Crippen LogP contribution in [0.15, 0.2) is 41.8 Å².